The third-order valence-corrected chi connectivity index (χ3v) is 2.58. The van der Waals surface area contributed by atoms with Crippen LogP contribution in [0.5, 0.6) is 0 Å². The van der Waals surface area contributed by atoms with E-state index >= 15 is 0 Å². The molecule has 0 bridgehead atoms. The number of esters is 1. The molecule has 1 unspecified atom stereocenters. The molecule has 1 aromatic rings. The highest BCUT2D eigenvalue weighted by atomic mass is 16.5. The van der Waals surface area contributed by atoms with Crippen LogP contribution in [0.4, 0.5) is 0 Å². The van der Waals surface area contributed by atoms with Gasteiger partial charge in [0.15, 0.2) is 6.10 Å². The Morgan fingerprint density at radius 3 is 2.59 bits per heavy atom. The molecule has 0 aliphatic rings. The molecule has 1 N–H and O–H groups in total. The molecule has 3 nitrogen and oxygen atoms in total. The van der Waals surface area contributed by atoms with Crippen LogP contribution >= 0.6 is 0 Å². The first-order chi connectivity index (χ1) is 8.25. The van der Waals surface area contributed by atoms with Gasteiger partial charge < -0.3 is 9.84 Å². The Morgan fingerprint density at radius 2 is 1.94 bits per heavy atom. The van der Waals surface area contributed by atoms with E-state index in [4.69, 9.17) is 4.74 Å². The van der Waals surface area contributed by atoms with Gasteiger partial charge in [-0.15, -0.1) is 0 Å². The molecule has 0 saturated carbocycles. The summed E-state index contributed by atoms with van der Waals surface area (Å²) in [6, 6.07) is 8.83. The second-order valence-corrected chi connectivity index (χ2v) is 4.04. The van der Waals surface area contributed by atoms with Gasteiger partial charge >= 0.3 is 5.97 Å². The summed E-state index contributed by atoms with van der Waals surface area (Å²) >= 11 is 0. The SMILES string of the molecule is CCCCCCOC(=O)C(O)c1ccccc1. The van der Waals surface area contributed by atoms with Crippen LogP contribution in [0.3, 0.4) is 0 Å². The van der Waals surface area contributed by atoms with Crippen LogP contribution in [0, 0.1) is 0 Å². The van der Waals surface area contributed by atoms with Crippen molar-refractivity contribution in [1.29, 1.82) is 0 Å². The number of ether oxygens (including phenoxy) is 1. The van der Waals surface area contributed by atoms with Gasteiger partial charge in [0.2, 0.25) is 0 Å². The van der Waals surface area contributed by atoms with E-state index in [2.05, 4.69) is 6.92 Å². The van der Waals surface area contributed by atoms with Gasteiger partial charge in [0, 0.05) is 0 Å². The number of hydrogen-bond acceptors (Lipinski definition) is 3. The summed E-state index contributed by atoms with van der Waals surface area (Å²) in [5, 5.41) is 9.72. The van der Waals surface area contributed by atoms with Crippen LogP contribution in [-0.4, -0.2) is 17.7 Å². The fraction of sp³-hybridized carbons (Fsp3) is 0.500. The summed E-state index contributed by atoms with van der Waals surface area (Å²) in [6.45, 7) is 2.52. The van der Waals surface area contributed by atoms with E-state index in [1.165, 1.54) is 0 Å². The monoisotopic (exact) mass is 236 g/mol. The van der Waals surface area contributed by atoms with Crippen molar-refractivity contribution in [3.8, 4) is 0 Å². The van der Waals surface area contributed by atoms with E-state index in [-0.39, 0.29) is 0 Å². The molecule has 0 fully saturated rings. The summed E-state index contributed by atoms with van der Waals surface area (Å²) in [7, 11) is 0. The standard InChI is InChI=1S/C14H20O3/c1-2-3-4-8-11-17-14(16)13(15)12-9-6-5-7-10-12/h5-7,9-10,13,15H,2-4,8,11H2,1H3. The Bertz CT molecular complexity index is 321. The van der Waals surface area contributed by atoms with E-state index in [9.17, 15) is 9.90 Å². The predicted molar refractivity (Wildman–Crippen MR) is 66.5 cm³/mol. The van der Waals surface area contributed by atoms with E-state index in [0.29, 0.717) is 12.2 Å². The Morgan fingerprint density at radius 1 is 1.24 bits per heavy atom. The summed E-state index contributed by atoms with van der Waals surface area (Å²) in [6.07, 6.45) is 3.06. The van der Waals surface area contributed by atoms with Gasteiger partial charge in [-0.3, -0.25) is 0 Å². The smallest absolute Gasteiger partial charge is 0.339 e. The molecule has 0 amide bonds. The van der Waals surface area contributed by atoms with E-state index in [0.717, 1.165) is 25.7 Å². The predicted octanol–water partition coefficient (Wildman–Crippen LogP) is 2.84. The van der Waals surface area contributed by atoms with Gasteiger partial charge in [0.05, 0.1) is 6.61 Å². The summed E-state index contributed by atoms with van der Waals surface area (Å²) < 4.78 is 5.02. The first-order valence-electron chi connectivity index (χ1n) is 6.15. The van der Waals surface area contributed by atoms with Gasteiger partial charge in [0.25, 0.3) is 0 Å². The molecule has 17 heavy (non-hydrogen) atoms. The molecule has 94 valence electrons. The van der Waals surface area contributed by atoms with Gasteiger partial charge in [-0.05, 0) is 12.0 Å². The highest BCUT2D eigenvalue weighted by Crippen LogP contribution is 2.13. The van der Waals surface area contributed by atoms with Crippen molar-refractivity contribution in [3.05, 3.63) is 35.9 Å². The van der Waals surface area contributed by atoms with Crippen molar-refractivity contribution in [2.45, 2.75) is 38.7 Å². The van der Waals surface area contributed by atoms with E-state index < -0.39 is 12.1 Å². The highest BCUT2D eigenvalue weighted by molar-refractivity contribution is 5.76. The molecule has 0 aliphatic carbocycles. The molecular weight excluding hydrogens is 216 g/mol. The molecule has 0 aliphatic heterocycles. The molecule has 0 spiro atoms. The lowest BCUT2D eigenvalue weighted by atomic mass is 10.1. The fourth-order valence-corrected chi connectivity index (χ4v) is 1.55. The van der Waals surface area contributed by atoms with Crippen LogP contribution < -0.4 is 0 Å². The topological polar surface area (TPSA) is 46.5 Å². The molecule has 0 radical (unpaired) electrons. The zero-order valence-corrected chi connectivity index (χ0v) is 10.3. The lowest BCUT2D eigenvalue weighted by Crippen LogP contribution is -2.16. The molecule has 0 saturated heterocycles. The Balaban J connectivity index is 2.28. The van der Waals surface area contributed by atoms with Crippen molar-refractivity contribution in [2.24, 2.45) is 0 Å². The van der Waals surface area contributed by atoms with Crippen LogP contribution in [-0.2, 0) is 9.53 Å². The number of hydrogen-bond donors (Lipinski definition) is 1. The quantitative estimate of drug-likeness (QED) is 0.585. The van der Waals surface area contributed by atoms with Crippen molar-refractivity contribution < 1.29 is 14.6 Å². The number of unbranched alkanes of at least 4 members (excludes halogenated alkanes) is 3. The van der Waals surface area contributed by atoms with Gasteiger partial charge in [-0.2, -0.15) is 0 Å². The second kappa shape index (κ2) is 7.85. The van der Waals surface area contributed by atoms with Crippen molar-refractivity contribution in [2.75, 3.05) is 6.61 Å². The maximum absolute atomic E-state index is 11.5. The number of carbonyl (C=O) groups excluding carboxylic acids is 1. The van der Waals surface area contributed by atoms with Gasteiger partial charge in [-0.25, -0.2) is 4.79 Å². The first-order valence-corrected chi connectivity index (χ1v) is 6.15. The fourth-order valence-electron chi connectivity index (χ4n) is 1.55. The van der Waals surface area contributed by atoms with Crippen LogP contribution in [0.1, 0.15) is 44.3 Å². The van der Waals surface area contributed by atoms with E-state index in [1.807, 2.05) is 6.07 Å². The lowest BCUT2D eigenvalue weighted by molar-refractivity contribution is -0.154. The Hall–Kier alpha value is -1.35. The summed E-state index contributed by atoms with van der Waals surface area (Å²) in [5.41, 5.74) is 0.575. The van der Waals surface area contributed by atoms with Crippen LogP contribution in [0.2, 0.25) is 0 Å². The summed E-state index contributed by atoms with van der Waals surface area (Å²) in [5.74, 6) is -0.562. The Labute approximate surface area is 102 Å². The second-order valence-electron chi connectivity index (χ2n) is 4.04. The van der Waals surface area contributed by atoms with Gasteiger partial charge in [0.1, 0.15) is 0 Å². The Kier molecular flexibility index (Phi) is 6.33. The van der Waals surface area contributed by atoms with Crippen LogP contribution in [0.25, 0.3) is 0 Å². The van der Waals surface area contributed by atoms with Crippen molar-refractivity contribution in [3.63, 3.8) is 0 Å². The third-order valence-electron chi connectivity index (χ3n) is 2.58. The molecule has 1 aromatic carbocycles. The van der Waals surface area contributed by atoms with E-state index in [1.54, 1.807) is 24.3 Å². The number of aliphatic hydroxyl groups is 1. The first kappa shape index (κ1) is 13.7. The molecule has 1 rings (SSSR count). The average Bonchev–Trinajstić information content (AvgIpc) is 2.38. The number of aliphatic hydroxyl groups excluding tert-OH is 1. The minimum atomic E-state index is -1.16. The third kappa shape index (κ3) is 5.00. The average molecular weight is 236 g/mol. The lowest BCUT2D eigenvalue weighted by Gasteiger charge is -2.10. The zero-order chi connectivity index (χ0) is 12.5. The van der Waals surface area contributed by atoms with Gasteiger partial charge in [-0.1, -0.05) is 56.5 Å². The molecular formula is C14H20O3. The highest BCUT2D eigenvalue weighted by Gasteiger charge is 2.17. The minimum Gasteiger partial charge on any atom is -0.464 e. The number of benzene rings is 1. The molecule has 1 atom stereocenters. The molecule has 3 heteroatoms. The largest absolute Gasteiger partial charge is 0.464 e. The van der Waals surface area contributed by atoms with Crippen LogP contribution in [0.15, 0.2) is 30.3 Å². The normalized spacial score (nSPS) is 12.1. The van der Waals surface area contributed by atoms with Crippen molar-refractivity contribution >= 4 is 5.97 Å². The molecule has 0 heterocycles. The zero-order valence-electron chi connectivity index (χ0n) is 10.3. The maximum Gasteiger partial charge on any atom is 0.339 e. The molecule has 0 aromatic heterocycles. The van der Waals surface area contributed by atoms with Crippen molar-refractivity contribution in [1.82, 2.24) is 0 Å². The summed E-state index contributed by atoms with van der Waals surface area (Å²) in [4.78, 5) is 11.5. The number of rotatable bonds is 7. The minimum absolute atomic E-state index is 0.392. The number of carbonyl (C=O) groups is 1. The maximum atomic E-state index is 11.5.